The summed E-state index contributed by atoms with van der Waals surface area (Å²) in [7, 11) is 0. The molecular weight excluding hydrogens is 229 g/mol. The van der Waals surface area contributed by atoms with Crippen LogP contribution < -0.4 is 10.2 Å². The Hall–Kier alpha value is -1.68. The maximum atomic E-state index is 12.6. The van der Waals surface area contributed by atoms with Gasteiger partial charge in [0.05, 0.1) is 11.2 Å². The van der Waals surface area contributed by atoms with Crippen LogP contribution >= 0.6 is 0 Å². The summed E-state index contributed by atoms with van der Waals surface area (Å²) in [5.74, 6) is 0. The van der Waals surface area contributed by atoms with Crippen molar-refractivity contribution in [2.45, 2.75) is 6.67 Å². The van der Waals surface area contributed by atoms with Crippen molar-refractivity contribution in [3.05, 3.63) is 36.0 Å². The molecule has 0 saturated carbocycles. The Balaban J connectivity index is 2.05. The molecule has 1 aromatic heterocycles. The fourth-order valence-corrected chi connectivity index (χ4v) is 2.44. The van der Waals surface area contributed by atoms with Gasteiger partial charge in [-0.2, -0.15) is 0 Å². The SMILES string of the molecule is FCc1ccc2c(N3CCNCC3)cccc2n1. The van der Waals surface area contributed by atoms with Crippen molar-refractivity contribution in [2.24, 2.45) is 0 Å². The minimum absolute atomic E-state index is 0.500. The zero-order chi connectivity index (χ0) is 12.4. The van der Waals surface area contributed by atoms with Crippen LogP contribution in [-0.4, -0.2) is 31.2 Å². The zero-order valence-corrected chi connectivity index (χ0v) is 10.2. The minimum Gasteiger partial charge on any atom is -0.368 e. The van der Waals surface area contributed by atoms with Gasteiger partial charge in [-0.05, 0) is 24.3 Å². The number of rotatable bonds is 2. The van der Waals surface area contributed by atoms with Crippen molar-refractivity contribution >= 4 is 16.6 Å². The van der Waals surface area contributed by atoms with Gasteiger partial charge < -0.3 is 10.2 Å². The van der Waals surface area contributed by atoms with E-state index in [9.17, 15) is 4.39 Å². The van der Waals surface area contributed by atoms with Gasteiger partial charge in [-0.3, -0.25) is 0 Å². The lowest BCUT2D eigenvalue weighted by molar-refractivity contribution is 0.477. The topological polar surface area (TPSA) is 28.2 Å². The molecule has 0 radical (unpaired) electrons. The van der Waals surface area contributed by atoms with Crippen LogP contribution in [0, 0.1) is 0 Å². The van der Waals surface area contributed by atoms with Crippen molar-refractivity contribution in [2.75, 3.05) is 31.1 Å². The van der Waals surface area contributed by atoms with Crippen LogP contribution in [0.25, 0.3) is 10.9 Å². The number of alkyl halides is 1. The number of nitrogens with one attached hydrogen (secondary N) is 1. The summed E-state index contributed by atoms with van der Waals surface area (Å²) in [6, 6.07) is 9.81. The second-order valence-corrected chi connectivity index (χ2v) is 4.52. The predicted octanol–water partition coefficient (Wildman–Crippen LogP) is 2.11. The van der Waals surface area contributed by atoms with Crippen molar-refractivity contribution in [1.29, 1.82) is 0 Å². The fourth-order valence-electron chi connectivity index (χ4n) is 2.44. The normalized spacial score (nSPS) is 16.2. The molecule has 0 aliphatic carbocycles. The summed E-state index contributed by atoms with van der Waals surface area (Å²) >= 11 is 0. The lowest BCUT2D eigenvalue weighted by Crippen LogP contribution is -2.43. The van der Waals surface area contributed by atoms with E-state index in [1.54, 1.807) is 6.07 Å². The molecule has 0 bridgehead atoms. The van der Waals surface area contributed by atoms with E-state index >= 15 is 0 Å². The summed E-state index contributed by atoms with van der Waals surface area (Å²) in [5, 5.41) is 4.45. The molecule has 1 aromatic carbocycles. The largest absolute Gasteiger partial charge is 0.368 e. The van der Waals surface area contributed by atoms with Gasteiger partial charge in [0.15, 0.2) is 0 Å². The molecule has 1 aliphatic rings. The van der Waals surface area contributed by atoms with Gasteiger partial charge in [0.25, 0.3) is 0 Å². The van der Waals surface area contributed by atoms with Crippen LogP contribution in [0.1, 0.15) is 5.69 Å². The highest BCUT2D eigenvalue weighted by Crippen LogP contribution is 2.26. The van der Waals surface area contributed by atoms with E-state index in [0.717, 1.165) is 37.1 Å². The smallest absolute Gasteiger partial charge is 0.131 e. The van der Waals surface area contributed by atoms with Gasteiger partial charge >= 0.3 is 0 Å². The third-order valence-corrected chi connectivity index (χ3v) is 3.36. The average molecular weight is 245 g/mol. The van der Waals surface area contributed by atoms with E-state index in [0.29, 0.717) is 5.69 Å². The molecule has 18 heavy (non-hydrogen) atoms. The van der Waals surface area contributed by atoms with Gasteiger partial charge in [0, 0.05) is 37.3 Å². The molecule has 1 aliphatic heterocycles. The number of benzene rings is 1. The van der Waals surface area contributed by atoms with Crippen LogP contribution in [0.15, 0.2) is 30.3 Å². The minimum atomic E-state index is -0.506. The van der Waals surface area contributed by atoms with Gasteiger partial charge in [-0.25, -0.2) is 9.37 Å². The van der Waals surface area contributed by atoms with Crippen molar-refractivity contribution in [3.63, 3.8) is 0 Å². The fraction of sp³-hybridized carbons (Fsp3) is 0.357. The monoisotopic (exact) mass is 245 g/mol. The van der Waals surface area contributed by atoms with Crippen LogP contribution in [0.2, 0.25) is 0 Å². The van der Waals surface area contributed by atoms with Crippen LogP contribution in [-0.2, 0) is 6.67 Å². The maximum Gasteiger partial charge on any atom is 0.131 e. The first-order chi connectivity index (χ1) is 8.88. The molecule has 0 amide bonds. The highest BCUT2D eigenvalue weighted by atomic mass is 19.1. The van der Waals surface area contributed by atoms with E-state index in [2.05, 4.69) is 21.3 Å². The van der Waals surface area contributed by atoms with E-state index in [1.165, 1.54) is 5.69 Å². The van der Waals surface area contributed by atoms with E-state index in [-0.39, 0.29) is 0 Å². The van der Waals surface area contributed by atoms with E-state index in [1.807, 2.05) is 18.2 Å². The van der Waals surface area contributed by atoms with Crippen LogP contribution in [0.4, 0.5) is 10.1 Å². The second-order valence-electron chi connectivity index (χ2n) is 4.52. The maximum absolute atomic E-state index is 12.6. The van der Waals surface area contributed by atoms with Crippen LogP contribution in [0.5, 0.6) is 0 Å². The number of fused-ring (bicyclic) bond motifs is 1. The molecule has 1 fully saturated rings. The number of pyridine rings is 1. The highest BCUT2D eigenvalue weighted by molar-refractivity contribution is 5.92. The highest BCUT2D eigenvalue weighted by Gasteiger charge is 2.13. The summed E-state index contributed by atoms with van der Waals surface area (Å²) in [5.41, 5.74) is 2.58. The molecule has 1 saturated heterocycles. The van der Waals surface area contributed by atoms with Gasteiger partial charge in [0.2, 0.25) is 0 Å². The van der Waals surface area contributed by atoms with Gasteiger partial charge in [-0.15, -0.1) is 0 Å². The lowest BCUT2D eigenvalue weighted by atomic mass is 10.1. The molecule has 0 unspecified atom stereocenters. The molecule has 4 heteroatoms. The number of piperazine rings is 1. The zero-order valence-electron chi connectivity index (χ0n) is 10.2. The second kappa shape index (κ2) is 4.90. The first kappa shape index (κ1) is 11.4. The first-order valence-electron chi connectivity index (χ1n) is 6.29. The van der Waals surface area contributed by atoms with Crippen molar-refractivity contribution in [3.8, 4) is 0 Å². The molecule has 0 atom stereocenters. The number of hydrogen-bond donors (Lipinski definition) is 1. The molecule has 3 rings (SSSR count). The van der Waals surface area contributed by atoms with Crippen molar-refractivity contribution in [1.82, 2.24) is 10.3 Å². The third-order valence-electron chi connectivity index (χ3n) is 3.36. The Kier molecular flexibility index (Phi) is 3.11. The third kappa shape index (κ3) is 2.04. The van der Waals surface area contributed by atoms with E-state index in [4.69, 9.17) is 0 Å². The summed E-state index contributed by atoms with van der Waals surface area (Å²) in [6.45, 7) is 3.51. The van der Waals surface area contributed by atoms with Crippen LogP contribution in [0.3, 0.4) is 0 Å². The Morgan fingerprint density at radius 3 is 2.78 bits per heavy atom. The summed E-state index contributed by atoms with van der Waals surface area (Å²) in [6.07, 6.45) is 0. The molecular formula is C14H16FN3. The number of halogens is 1. The Labute approximate surface area is 106 Å². The first-order valence-corrected chi connectivity index (χ1v) is 6.29. The number of hydrogen-bond acceptors (Lipinski definition) is 3. The Bertz CT molecular complexity index is 550. The van der Waals surface area contributed by atoms with Gasteiger partial charge in [-0.1, -0.05) is 6.07 Å². The number of aromatic nitrogens is 1. The molecule has 2 aromatic rings. The van der Waals surface area contributed by atoms with Crippen molar-refractivity contribution < 1.29 is 4.39 Å². The Morgan fingerprint density at radius 2 is 2.00 bits per heavy atom. The lowest BCUT2D eigenvalue weighted by Gasteiger charge is -2.30. The molecule has 94 valence electrons. The average Bonchev–Trinajstić information content (AvgIpc) is 2.47. The molecule has 3 nitrogen and oxygen atoms in total. The Morgan fingerprint density at radius 1 is 1.17 bits per heavy atom. The predicted molar refractivity (Wildman–Crippen MR) is 71.6 cm³/mol. The molecule has 1 N–H and O–H groups in total. The summed E-state index contributed by atoms with van der Waals surface area (Å²) in [4.78, 5) is 6.69. The molecule has 2 heterocycles. The van der Waals surface area contributed by atoms with Gasteiger partial charge in [0.1, 0.15) is 6.67 Å². The van der Waals surface area contributed by atoms with E-state index < -0.39 is 6.67 Å². The number of nitrogens with zero attached hydrogens (tertiary/aromatic N) is 2. The quantitative estimate of drug-likeness (QED) is 0.878. The summed E-state index contributed by atoms with van der Waals surface area (Å²) < 4.78 is 12.6. The molecule has 0 spiro atoms. The standard InChI is InChI=1S/C14H16FN3/c15-10-11-4-5-12-13(17-11)2-1-3-14(12)18-8-6-16-7-9-18/h1-5,16H,6-10H2. The number of anilines is 1.